The average molecular weight is 295 g/mol. The molecule has 1 heterocycles. The summed E-state index contributed by atoms with van der Waals surface area (Å²) >= 11 is 7.67. The number of nitrogens with zero attached hydrogens (tertiary/aromatic N) is 1. The van der Waals surface area contributed by atoms with Gasteiger partial charge < -0.3 is 10.2 Å². The van der Waals surface area contributed by atoms with Gasteiger partial charge in [-0.1, -0.05) is 11.6 Å². The number of hydrogen-bond acceptors (Lipinski definition) is 3. The molecule has 0 fully saturated rings. The minimum absolute atomic E-state index is 0.0195. The Kier molecular flexibility index (Phi) is 4.45. The molecule has 0 radical (unpaired) electrons. The largest absolute Gasteiger partial charge is 0.380 e. The minimum Gasteiger partial charge on any atom is -0.380 e. The lowest BCUT2D eigenvalue weighted by Crippen LogP contribution is -2.22. The molecule has 0 aliphatic heterocycles. The van der Waals surface area contributed by atoms with Gasteiger partial charge in [0.15, 0.2) is 0 Å². The molecule has 2 aromatic rings. The van der Waals surface area contributed by atoms with Crippen molar-refractivity contribution in [3.63, 3.8) is 0 Å². The number of nitrogens with one attached hydrogen (secondary N) is 1. The van der Waals surface area contributed by atoms with Crippen LogP contribution < -0.4 is 10.2 Å². The molecular formula is C14H15ClN2OS. The molecule has 3 nitrogen and oxygen atoms in total. The number of rotatable bonds is 4. The van der Waals surface area contributed by atoms with Crippen molar-refractivity contribution >= 4 is 40.2 Å². The van der Waals surface area contributed by atoms with Gasteiger partial charge in [0.2, 0.25) is 5.91 Å². The second-order valence-corrected chi connectivity index (χ2v) is 5.58. The highest BCUT2D eigenvalue weighted by atomic mass is 35.5. The third-order valence-corrected chi connectivity index (χ3v) is 4.26. The van der Waals surface area contributed by atoms with E-state index < -0.39 is 0 Å². The fourth-order valence-electron chi connectivity index (χ4n) is 1.62. The quantitative estimate of drug-likeness (QED) is 0.924. The van der Waals surface area contributed by atoms with Crippen LogP contribution in [0.1, 0.15) is 11.8 Å². The predicted molar refractivity (Wildman–Crippen MR) is 82.2 cm³/mol. The lowest BCUT2D eigenvalue weighted by atomic mass is 10.2. The van der Waals surface area contributed by atoms with Gasteiger partial charge in [-0.05, 0) is 35.7 Å². The van der Waals surface area contributed by atoms with Gasteiger partial charge in [-0.2, -0.15) is 0 Å². The molecule has 1 N–H and O–H groups in total. The lowest BCUT2D eigenvalue weighted by molar-refractivity contribution is -0.116. The maximum Gasteiger partial charge on any atom is 0.223 e. The Morgan fingerprint density at radius 1 is 1.32 bits per heavy atom. The smallest absolute Gasteiger partial charge is 0.223 e. The van der Waals surface area contributed by atoms with E-state index in [1.165, 1.54) is 0 Å². The second kappa shape index (κ2) is 6.08. The molecule has 0 aliphatic carbocycles. The number of benzene rings is 1. The maximum absolute atomic E-state index is 11.2. The number of halogens is 1. The molecule has 1 amide bonds. The van der Waals surface area contributed by atoms with E-state index in [0.717, 1.165) is 21.3 Å². The standard InChI is InChI=1S/C14H15ClN2OS/c1-10(18)17(2)12-5-3-11(4-6-12)16-9-14-13(15)7-8-19-14/h3-8,16H,9H2,1-2H3. The predicted octanol–water partition coefficient (Wildman–Crippen LogP) is 4.00. The van der Waals surface area contributed by atoms with Gasteiger partial charge in [0, 0.05) is 30.2 Å². The molecule has 2 rings (SSSR count). The van der Waals surface area contributed by atoms with Crippen molar-refractivity contribution in [1.29, 1.82) is 0 Å². The van der Waals surface area contributed by atoms with E-state index >= 15 is 0 Å². The van der Waals surface area contributed by atoms with Crippen LogP contribution in [0.2, 0.25) is 5.02 Å². The van der Waals surface area contributed by atoms with E-state index in [0.29, 0.717) is 6.54 Å². The second-order valence-electron chi connectivity index (χ2n) is 4.17. The molecule has 19 heavy (non-hydrogen) atoms. The highest BCUT2D eigenvalue weighted by Gasteiger charge is 2.05. The summed E-state index contributed by atoms with van der Waals surface area (Å²) in [5.74, 6) is 0.0195. The van der Waals surface area contributed by atoms with Crippen LogP contribution in [0.15, 0.2) is 35.7 Å². The van der Waals surface area contributed by atoms with E-state index in [1.807, 2.05) is 35.7 Å². The monoisotopic (exact) mass is 294 g/mol. The van der Waals surface area contributed by atoms with Crippen molar-refractivity contribution in [2.45, 2.75) is 13.5 Å². The molecule has 5 heteroatoms. The van der Waals surface area contributed by atoms with E-state index in [2.05, 4.69) is 5.32 Å². The summed E-state index contributed by atoms with van der Waals surface area (Å²) in [7, 11) is 1.76. The number of anilines is 2. The Labute approximate surface area is 121 Å². The van der Waals surface area contributed by atoms with Crippen LogP contribution >= 0.6 is 22.9 Å². The molecule has 0 spiro atoms. The van der Waals surface area contributed by atoms with Crippen LogP contribution in [0.3, 0.4) is 0 Å². The number of carbonyl (C=O) groups excluding carboxylic acids is 1. The molecule has 1 aromatic carbocycles. The van der Waals surface area contributed by atoms with Crippen LogP contribution in [0.5, 0.6) is 0 Å². The fraction of sp³-hybridized carbons (Fsp3) is 0.214. The summed E-state index contributed by atoms with van der Waals surface area (Å²) in [6.45, 7) is 2.25. The minimum atomic E-state index is 0.0195. The lowest BCUT2D eigenvalue weighted by Gasteiger charge is -2.15. The van der Waals surface area contributed by atoms with Crippen molar-refractivity contribution in [3.8, 4) is 0 Å². The maximum atomic E-state index is 11.2. The molecule has 1 aromatic heterocycles. The first kappa shape index (κ1) is 13.9. The molecule has 0 unspecified atom stereocenters. The first-order chi connectivity index (χ1) is 9.08. The summed E-state index contributed by atoms with van der Waals surface area (Å²) in [5, 5.41) is 6.08. The highest BCUT2D eigenvalue weighted by Crippen LogP contribution is 2.23. The average Bonchev–Trinajstić information content (AvgIpc) is 2.81. The van der Waals surface area contributed by atoms with E-state index in [9.17, 15) is 4.79 Å². The highest BCUT2D eigenvalue weighted by molar-refractivity contribution is 7.10. The van der Waals surface area contributed by atoms with Gasteiger partial charge >= 0.3 is 0 Å². The molecule has 100 valence electrons. The van der Waals surface area contributed by atoms with Gasteiger partial charge in [-0.25, -0.2) is 0 Å². The Balaban J connectivity index is 1.99. The first-order valence-corrected chi connectivity index (χ1v) is 7.14. The van der Waals surface area contributed by atoms with Crippen LogP contribution in [0.25, 0.3) is 0 Å². The summed E-state index contributed by atoms with van der Waals surface area (Å²) in [6, 6.07) is 9.64. The topological polar surface area (TPSA) is 32.3 Å². The number of thiophene rings is 1. The summed E-state index contributed by atoms with van der Waals surface area (Å²) in [5.41, 5.74) is 1.89. The van der Waals surface area contributed by atoms with Crippen LogP contribution in [0.4, 0.5) is 11.4 Å². The Morgan fingerprint density at radius 2 is 2.00 bits per heavy atom. The summed E-state index contributed by atoms with van der Waals surface area (Å²) in [6.07, 6.45) is 0. The van der Waals surface area contributed by atoms with Gasteiger partial charge in [0.25, 0.3) is 0 Å². The molecular weight excluding hydrogens is 280 g/mol. The first-order valence-electron chi connectivity index (χ1n) is 5.88. The molecule has 0 bridgehead atoms. The molecule has 0 saturated heterocycles. The van der Waals surface area contributed by atoms with E-state index in [1.54, 1.807) is 30.2 Å². The van der Waals surface area contributed by atoms with Crippen molar-refractivity contribution in [1.82, 2.24) is 0 Å². The summed E-state index contributed by atoms with van der Waals surface area (Å²) < 4.78 is 0. The van der Waals surface area contributed by atoms with Crippen LogP contribution in [-0.2, 0) is 11.3 Å². The van der Waals surface area contributed by atoms with Gasteiger partial charge in [0.05, 0.1) is 11.6 Å². The van der Waals surface area contributed by atoms with Crippen molar-refractivity contribution in [2.75, 3.05) is 17.3 Å². The zero-order valence-corrected chi connectivity index (χ0v) is 12.4. The van der Waals surface area contributed by atoms with E-state index in [-0.39, 0.29) is 5.91 Å². The Hall–Kier alpha value is -1.52. The van der Waals surface area contributed by atoms with Crippen molar-refractivity contribution in [3.05, 3.63) is 45.6 Å². The Bertz CT molecular complexity index is 565. The van der Waals surface area contributed by atoms with Gasteiger partial charge in [-0.15, -0.1) is 11.3 Å². The van der Waals surface area contributed by atoms with Gasteiger partial charge in [-0.3, -0.25) is 4.79 Å². The zero-order valence-electron chi connectivity index (χ0n) is 10.8. The SMILES string of the molecule is CC(=O)N(C)c1ccc(NCc2sccc2Cl)cc1. The number of hydrogen-bond donors (Lipinski definition) is 1. The molecule has 0 aliphatic rings. The summed E-state index contributed by atoms with van der Waals surface area (Å²) in [4.78, 5) is 14.0. The zero-order chi connectivity index (χ0) is 13.8. The normalized spacial score (nSPS) is 10.3. The third kappa shape index (κ3) is 3.49. The van der Waals surface area contributed by atoms with Gasteiger partial charge in [0.1, 0.15) is 0 Å². The molecule has 0 atom stereocenters. The van der Waals surface area contributed by atoms with Crippen molar-refractivity contribution in [2.24, 2.45) is 0 Å². The fourth-order valence-corrected chi connectivity index (χ4v) is 2.66. The van der Waals surface area contributed by atoms with Crippen molar-refractivity contribution < 1.29 is 4.79 Å². The van der Waals surface area contributed by atoms with Crippen LogP contribution in [0, 0.1) is 0 Å². The van der Waals surface area contributed by atoms with E-state index in [4.69, 9.17) is 11.6 Å². The number of amides is 1. The molecule has 0 saturated carbocycles. The third-order valence-electron chi connectivity index (χ3n) is 2.87. The Morgan fingerprint density at radius 3 is 2.53 bits per heavy atom. The van der Waals surface area contributed by atoms with Crippen LogP contribution in [-0.4, -0.2) is 13.0 Å². The number of carbonyl (C=O) groups is 1.